The Morgan fingerprint density at radius 2 is 2.33 bits per heavy atom. The molecule has 0 radical (unpaired) electrons. The van der Waals surface area contributed by atoms with E-state index in [4.69, 9.17) is 16.9 Å². The first-order chi connectivity index (χ1) is 7.11. The Labute approximate surface area is 91.5 Å². The van der Waals surface area contributed by atoms with Gasteiger partial charge in [-0.25, -0.2) is 4.39 Å². The molecule has 0 heterocycles. The third-order valence-electron chi connectivity index (χ3n) is 1.78. The monoisotopic (exact) mass is 226 g/mol. The van der Waals surface area contributed by atoms with E-state index >= 15 is 0 Å². The van der Waals surface area contributed by atoms with Crippen molar-refractivity contribution in [3.8, 4) is 6.07 Å². The molecule has 0 saturated heterocycles. The Balaban J connectivity index is 3.23. The number of hydrogen-bond acceptors (Lipinski definition) is 2. The van der Waals surface area contributed by atoms with E-state index in [2.05, 4.69) is 5.32 Å². The van der Waals surface area contributed by atoms with Crippen LogP contribution >= 0.6 is 11.6 Å². The van der Waals surface area contributed by atoms with Crippen LogP contribution in [0.25, 0.3) is 0 Å². The molecule has 0 fully saturated rings. The van der Waals surface area contributed by atoms with E-state index in [0.717, 1.165) is 0 Å². The van der Waals surface area contributed by atoms with Crippen molar-refractivity contribution in [2.75, 3.05) is 6.54 Å². The summed E-state index contributed by atoms with van der Waals surface area (Å²) in [6.07, 6.45) is 0. The standard InChI is InChI=1S/C10H8ClFN2O/c1-2-14-10(15)6-3-4-8(11)7(5-13)9(6)12/h3-4H,2H2,1H3,(H,14,15). The summed E-state index contributed by atoms with van der Waals surface area (Å²) in [5.41, 5.74) is -0.474. The van der Waals surface area contributed by atoms with Crippen LogP contribution in [0, 0.1) is 17.1 Å². The van der Waals surface area contributed by atoms with Crippen molar-refractivity contribution < 1.29 is 9.18 Å². The lowest BCUT2D eigenvalue weighted by Crippen LogP contribution is -2.24. The van der Waals surface area contributed by atoms with E-state index in [1.807, 2.05) is 0 Å². The first-order valence-corrected chi connectivity index (χ1v) is 4.66. The van der Waals surface area contributed by atoms with Gasteiger partial charge in [-0.1, -0.05) is 11.6 Å². The van der Waals surface area contributed by atoms with E-state index in [9.17, 15) is 9.18 Å². The molecule has 1 N–H and O–H groups in total. The van der Waals surface area contributed by atoms with Crippen LogP contribution < -0.4 is 5.32 Å². The lowest BCUT2D eigenvalue weighted by Gasteiger charge is -2.05. The van der Waals surface area contributed by atoms with Gasteiger partial charge in [0.2, 0.25) is 0 Å². The van der Waals surface area contributed by atoms with Crippen molar-refractivity contribution in [1.82, 2.24) is 5.32 Å². The Hall–Kier alpha value is -1.60. The molecule has 3 nitrogen and oxygen atoms in total. The van der Waals surface area contributed by atoms with E-state index < -0.39 is 11.7 Å². The summed E-state index contributed by atoms with van der Waals surface area (Å²) in [7, 11) is 0. The number of benzene rings is 1. The molecule has 0 atom stereocenters. The molecule has 0 spiro atoms. The summed E-state index contributed by atoms with van der Waals surface area (Å²) >= 11 is 5.59. The summed E-state index contributed by atoms with van der Waals surface area (Å²) in [4.78, 5) is 11.3. The highest BCUT2D eigenvalue weighted by Crippen LogP contribution is 2.21. The summed E-state index contributed by atoms with van der Waals surface area (Å²) in [5.74, 6) is -1.43. The minimum Gasteiger partial charge on any atom is -0.352 e. The van der Waals surface area contributed by atoms with Crippen LogP contribution in [0.2, 0.25) is 5.02 Å². The van der Waals surface area contributed by atoms with Crippen LogP contribution in [0.5, 0.6) is 0 Å². The average molecular weight is 227 g/mol. The Morgan fingerprint density at radius 1 is 1.67 bits per heavy atom. The first-order valence-electron chi connectivity index (χ1n) is 4.28. The van der Waals surface area contributed by atoms with Crippen molar-refractivity contribution in [3.63, 3.8) is 0 Å². The van der Waals surface area contributed by atoms with Crippen LogP contribution in [0.15, 0.2) is 12.1 Å². The maximum atomic E-state index is 13.5. The second-order valence-electron chi connectivity index (χ2n) is 2.76. The van der Waals surface area contributed by atoms with Gasteiger partial charge in [0, 0.05) is 6.54 Å². The van der Waals surface area contributed by atoms with E-state index in [1.165, 1.54) is 12.1 Å². The zero-order valence-electron chi connectivity index (χ0n) is 7.97. The molecule has 78 valence electrons. The lowest BCUT2D eigenvalue weighted by molar-refractivity contribution is 0.0952. The van der Waals surface area contributed by atoms with Gasteiger partial charge in [0.05, 0.1) is 10.6 Å². The van der Waals surface area contributed by atoms with Gasteiger partial charge in [0.15, 0.2) is 5.82 Å². The molecule has 1 rings (SSSR count). The van der Waals surface area contributed by atoms with Gasteiger partial charge in [-0.2, -0.15) is 5.26 Å². The molecule has 0 aliphatic rings. The largest absolute Gasteiger partial charge is 0.352 e. The third kappa shape index (κ3) is 2.25. The van der Waals surface area contributed by atoms with Crippen molar-refractivity contribution in [3.05, 3.63) is 34.1 Å². The smallest absolute Gasteiger partial charge is 0.254 e. The molecule has 1 aromatic carbocycles. The average Bonchev–Trinajstić information content (AvgIpc) is 2.18. The topological polar surface area (TPSA) is 52.9 Å². The van der Waals surface area contributed by atoms with E-state index in [-0.39, 0.29) is 16.1 Å². The summed E-state index contributed by atoms with van der Waals surface area (Å²) in [5, 5.41) is 11.1. The molecule has 0 bridgehead atoms. The summed E-state index contributed by atoms with van der Waals surface area (Å²) in [6, 6.07) is 4.19. The molecule has 5 heteroatoms. The highest BCUT2D eigenvalue weighted by molar-refractivity contribution is 6.31. The number of carbonyl (C=O) groups is 1. The molecule has 0 aliphatic heterocycles. The van der Waals surface area contributed by atoms with Gasteiger partial charge in [-0.15, -0.1) is 0 Å². The number of nitriles is 1. The number of amides is 1. The fourth-order valence-corrected chi connectivity index (χ4v) is 1.27. The Kier molecular flexibility index (Phi) is 3.64. The zero-order chi connectivity index (χ0) is 11.4. The number of nitrogens with one attached hydrogen (secondary N) is 1. The quantitative estimate of drug-likeness (QED) is 0.840. The molecule has 0 aliphatic carbocycles. The SMILES string of the molecule is CCNC(=O)c1ccc(Cl)c(C#N)c1F. The third-order valence-corrected chi connectivity index (χ3v) is 2.10. The fraction of sp³-hybridized carbons (Fsp3) is 0.200. The molecular weight excluding hydrogens is 219 g/mol. The predicted octanol–water partition coefficient (Wildman–Crippen LogP) is 2.10. The summed E-state index contributed by atoms with van der Waals surface area (Å²) < 4.78 is 13.5. The van der Waals surface area contributed by atoms with Crippen LogP contribution in [-0.2, 0) is 0 Å². The predicted molar refractivity (Wildman–Crippen MR) is 54.1 cm³/mol. The summed E-state index contributed by atoms with van der Waals surface area (Å²) in [6.45, 7) is 2.11. The minimum absolute atomic E-state index is 0.00282. The minimum atomic E-state index is -0.879. The van der Waals surface area contributed by atoms with Crippen LogP contribution in [0.1, 0.15) is 22.8 Å². The Morgan fingerprint density at radius 3 is 2.87 bits per heavy atom. The van der Waals surface area contributed by atoms with Crippen molar-refractivity contribution >= 4 is 17.5 Å². The number of carbonyl (C=O) groups excluding carboxylic acids is 1. The molecule has 0 saturated carbocycles. The number of nitrogens with zero attached hydrogens (tertiary/aromatic N) is 1. The molecule has 1 amide bonds. The van der Waals surface area contributed by atoms with Gasteiger partial charge in [-0.05, 0) is 19.1 Å². The highest BCUT2D eigenvalue weighted by atomic mass is 35.5. The van der Waals surface area contributed by atoms with Gasteiger partial charge in [0.25, 0.3) is 5.91 Å². The normalized spacial score (nSPS) is 9.47. The van der Waals surface area contributed by atoms with Gasteiger partial charge in [0.1, 0.15) is 11.6 Å². The fourth-order valence-electron chi connectivity index (χ4n) is 1.09. The highest BCUT2D eigenvalue weighted by Gasteiger charge is 2.16. The molecule has 15 heavy (non-hydrogen) atoms. The molecule has 1 aromatic rings. The van der Waals surface area contributed by atoms with Crippen LogP contribution in [0.4, 0.5) is 4.39 Å². The van der Waals surface area contributed by atoms with Gasteiger partial charge in [-0.3, -0.25) is 4.79 Å². The number of rotatable bonds is 2. The van der Waals surface area contributed by atoms with Gasteiger partial charge >= 0.3 is 0 Å². The van der Waals surface area contributed by atoms with E-state index in [1.54, 1.807) is 13.0 Å². The van der Waals surface area contributed by atoms with Crippen molar-refractivity contribution in [1.29, 1.82) is 5.26 Å². The maximum absolute atomic E-state index is 13.5. The zero-order valence-corrected chi connectivity index (χ0v) is 8.73. The lowest BCUT2D eigenvalue weighted by atomic mass is 10.1. The van der Waals surface area contributed by atoms with Crippen molar-refractivity contribution in [2.24, 2.45) is 0 Å². The molecule has 0 aromatic heterocycles. The maximum Gasteiger partial charge on any atom is 0.254 e. The van der Waals surface area contributed by atoms with E-state index in [0.29, 0.717) is 6.54 Å². The second-order valence-corrected chi connectivity index (χ2v) is 3.16. The molecule has 0 unspecified atom stereocenters. The number of halogens is 2. The Bertz CT molecular complexity index is 440. The number of hydrogen-bond donors (Lipinski definition) is 1. The second kappa shape index (κ2) is 4.76. The first kappa shape index (κ1) is 11.5. The van der Waals surface area contributed by atoms with Gasteiger partial charge < -0.3 is 5.32 Å². The molecular formula is C10H8ClFN2O. The van der Waals surface area contributed by atoms with Crippen molar-refractivity contribution in [2.45, 2.75) is 6.92 Å². The van der Waals surface area contributed by atoms with Crippen LogP contribution in [-0.4, -0.2) is 12.5 Å². The van der Waals surface area contributed by atoms with Crippen LogP contribution in [0.3, 0.4) is 0 Å².